The molecule has 9 heteroatoms. The van der Waals surface area contributed by atoms with Crippen LogP contribution >= 0.6 is 6.72 Å². The van der Waals surface area contributed by atoms with Crippen LogP contribution in [0.2, 0.25) is 0 Å². The Balaban J connectivity index is 1.78. The minimum atomic E-state index is -3.64. The van der Waals surface area contributed by atoms with E-state index >= 15 is 0 Å². The first kappa shape index (κ1) is 17.7. The Kier molecular flexibility index (Phi) is 5.27. The lowest BCUT2D eigenvalue weighted by Crippen LogP contribution is -1.97. The van der Waals surface area contributed by atoms with Crippen molar-refractivity contribution in [1.29, 1.82) is 0 Å². The molecule has 0 aliphatic rings. The number of nitrogens with one attached hydrogen (secondary N) is 1. The quantitative estimate of drug-likeness (QED) is 0.564. The molecule has 3 N–H and O–H groups in total. The van der Waals surface area contributed by atoms with Crippen molar-refractivity contribution in [2.45, 2.75) is 6.61 Å². The van der Waals surface area contributed by atoms with E-state index in [4.69, 9.17) is 19.0 Å². The fourth-order valence-electron chi connectivity index (χ4n) is 2.24. The molecule has 1 aromatic heterocycles. The second kappa shape index (κ2) is 7.43. The molecule has 25 heavy (non-hydrogen) atoms. The van der Waals surface area contributed by atoms with E-state index in [-0.39, 0.29) is 6.61 Å². The monoisotopic (exact) mass is 377 g/mol. The van der Waals surface area contributed by atoms with Crippen LogP contribution in [0.5, 0.6) is 5.75 Å². The summed E-state index contributed by atoms with van der Waals surface area (Å²) in [5.74, 6) is 1.41. The van der Waals surface area contributed by atoms with Gasteiger partial charge in [0.1, 0.15) is 17.9 Å². The number of hydrogen-bond donors (Lipinski definition) is 3. The van der Waals surface area contributed by atoms with Crippen LogP contribution in [0.3, 0.4) is 0 Å². The summed E-state index contributed by atoms with van der Waals surface area (Å²) < 4.78 is 10.0. The number of aromatic nitrogens is 2. The van der Waals surface area contributed by atoms with Gasteiger partial charge >= 0.3 is 6.72 Å². The van der Waals surface area contributed by atoms with Crippen LogP contribution in [0.4, 0.5) is 11.5 Å². The molecule has 2 aromatic carbocycles. The van der Waals surface area contributed by atoms with Gasteiger partial charge in [0.15, 0.2) is 0 Å². The highest BCUT2D eigenvalue weighted by atomic mass is 32.5. The summed E-state index contributed by atoms with van der Waals surface area (Å²) in [6, 6.07) is 12.9. The molecular weight excluding hydrogens is 361 g/mol. The summed E-state index contributed by atoms with van der Waals surface area (Å²) in [4.78, 5) is 26.7. The lowest BCUT2D eigenvalue weighted by atomic mass is 10.2. The van der Waals surface area contributed by atoms with Crippen LogP contribution in [0, 0.1) is 0 Å². The average molecular weight is 377 g/mol. The molecule has 3 rings (SSSR count). The number of anilines is 2. The van der Waals surface area contributed by atoms with Gasteiger partial charge in [-0.1, -0.05) is 12.1 Å². The third-order valence-electron chi connectivity index (χ3n) is 3.46. The van der Waals surface area contributed by atoms with E-state index in [1.54, 1.807) is 19.2 Å². The number of fused-ring (bicyclic) bond motifs is 1. The maximum atomic E-state index is 9.09. The molecule has 0 saturated heterocycles. The van der Waals surface area contributed by atoms with E-state index in [2.05, 4.69) is 27.1 Å². The second-order valence-electron chi connectivity index (χ2n) is 5.19. The van der Waals surface area contributed by atoms with E-state index in [0.29, 0.717) is 5.82 Å². The fraction of sp³-hybridized carbons (Fsp3) is 0.125. The molecule has 0 saturated carbocycles. The Morgan fingerprint density at radius 1 is 1.12 bits per heavy atom. The Hall–Kier alpha value is -2.09. The number of benzene rings is 2. The summed E-state index contributed by atoms with van der Waals surface area (Å²) >= 11 is 4.42. The summed E-state index contributed by atoms with van der Waals surface area (Å²) in [6.45, 7) is -3.60. The Bertz CT molecular complexity index is 930. The lowest BCUT2D eigenvalue weighted by Gasteiger charge is -2.11. The van der Waals surface area contributed by atoms with Crippen LogP contribution < -0.4 is 10.1 Å². The van der Waals surface area contributed by atoms with E-state index in [1.807, 2.05) is 30.3 Å². The normalized spacial score (nSPS) is 11.5. The molecule has 0 aliphatic carbocycles. The molecule has 0 fully saturated rings. The molecule has 7 nitrogen and oxygen atoms in total. The van der Waals surface area contributed by atoms with Gasteiger partial charge in [-0.05, 0) is 41.6 Å². The van der Waals surface area contributed by atoms with E-state index in [9.17, 15) is 0 Å². The van der Waals surface area contributed by atoms with Gasteiger partial charge in [0, 0.05) is 17.1 Å². The predicted molar refractivity (Wildman–Crippen MR) is 99.3 cm³/mol. The van der Waals surface area contributed by atoms with Crippen molar-refractivity contribution < 1.29 is 19.0 Å². The maximum Gasteiger partial charge on any atom is 0.322 e. The molecule has 0 aliphatic heterocycles. The van der Waals surface area contributed by atoms with Crippen molar-refractivity contribution >= 4 is 40.9 Å². The first-order chi connectivity index (χ1) is 11.9. The van der Waals surface area contributed by atoms with Gasteiger partial charge in [-0.3, -0.25) is 0 Å². The van der Waals surface area contributed by atoms with E-state index in [0.717, 1.165) is 27.9 Å². The van der Waals surface area contributed by atoms with Gasteiger partial charge in [-0.2, -0.15) is 0 Å². The fourth-order valence-corrected chi connectivity index (χ4v) is 2.72. The van der Waals surface area contributed by atoms with Crippen LogP contribution in [-0.2, 0) is 22.9 Å². The van der Waals surface area contributed by atoms with E-state index < -0.39 is 6.72 Å². The molecular formula is C16H16N3O4PS. The highest BCUT2D eigenvalue weighted by Crippen LogP contribution is 2.37. The van der Waals surface area contributed by atoms with Gasteiger partial charge in [0.25, 0.3) is 0 Å². The standard InChI is InChI=1S/C16H16N3O4PS/c1-22-13-6-7-14-15(8-13)17-10-18-16(14)19-12-4-2-11(3-5-12)9-23-24(20,21)25/h2-8,10H,9H2,1H3,(H,17,18,19)(H2,20,21,25). The zero-order valence-corrected chi connectivity index (χ0v) is 15.0. The number of hydrogen-bond acceptors (Lipinski definition) is 6. The molecule has 3 aromatic rings. The minimum absolute atomic E-state index is 0.0425. The summed E-state index contributed by atoms with van der Waals surface area (Å²) in [6.07, 6.45) is 1.49. The third-order valence-corrected chi connectivity index (χ3v) is 4.24. The van der Waals surface area contributed by atoms with Crippen molar-refractivity contribution in [2.75, 3.05) is 12.4 Å². The molecule has 0 amide bonds. The van der Waals surface area contributed by atoms with Crippen molar-refractivity contribution in [1.82, 2.24) is 9.97 Å². The first-order valence-electron chi connectivity index (χ1n) is 7.29. The van der Waals surface area contributed by atoms with Gasteiger partial charge in [0.05, 0.1) is 19.2 Å². The molecule has 0 atom stereocenters. The lowest BCUT2D eigenvalue weighted by molar-refractivity contribution is 0.242. The summed E-state index contributed by atoms with van der Waals surface area (Å²) in [5, 5.41) is 4.11. The molecule has 0 spiro atoms. The largest absolute Gasteiger partial charge is 0.497 e. The van der Waals surface area contributed by atoms with Gasteiger partial charge < -0.3 is 24.4 Å². The number of nitrogens with zero attached hydrogens (tertiary/aromatic N) is 2. The van der Waals surface area contributed by atoms with Gasteiger partial charge in [0.2, 0.25) is 0 Å². The number of methoxy groups -OCH3 is 1. The van der Waals surface area contributed by atoms with E-state index in [1.165, 1.54) is 6.33 Å². The van der Waals surface area contributed by atoms with Gasteiger partial charge in [-0.15, -0.1) is 0 Å². The van der Waals surface area contributed by atoms with Crippen LogP contribution in [0.15, 0.2) is 48.8 Å². The predicted octanol–water partition coefficient (Wildman–Crippen LogP) is 3.11. The first-order valence-corrected chi connectivity index (χ1v) is 9.92. The smallest absolute Gasteiger partial charge is 0.322 e. The number of rotatable bonds is 6. The second-order valence-corrected chi connectivity index (χ2v) is 7.86. The zero-order valence-electron chi connectivity index (χ0n) is 13.3. The van der Waals surface area contributed by atoms with Crippen molar-refractivity contribution in [3.05, 3.63) is 54.4 Å². The average Bonchev–Trinajstić information content (AvgIpc) is 2.60. The highest BCUT2D eigenvalue weighted by molar-refractivity contribution is 8.06. The van der Waals surface area contributed by atoms with Gasteiger partial charge in [-0.25, -0.2) is 9.97 Å². The van der Waals surface area contributed by atoms with Crippen LogP contribution in [0.1, 0.15) is 5.56 Å². The van der Waals surface area contributed by atoms with Crippen LogP contribution in [0.25, 0.3) is 10.9 Å². The van der Waals surface area contributed by atoms with Crippen molar-refractivity contribution in [3.63, 3.8) is 0 Å². The molecule has 1 heterocycles. The van der Waals surface area contributed by atoms with Crippen molar-refractivity contribution in [2.24, 2.45) is 0 Å². The maximum absolute atomic E-state index is 9.09. The zero-order chi connectivity index (χ0) is 17.9. The summed E-state index contributed by atoms with van der Waals surface area (Å²) in [7, 11) is 1.61. The molecule has 0 radical (unpaired) electrons. The third kappa shape index (κ3) is 4.72. The Morgan fingerprint density at radius 2 is 1.88 bits per heavy atom. The summed E-state index contributed by atoms with van der Waals surface area (Å²) in [5.41, 5.74) is 2.38. The Labute approximate surface area is 149 Å². The Morgan fingerprint density at radius 3 is 2.56 bits per heavy atom. The minimum Gasteiger partial charge on any atom is -0.497 e. The molecule has 130 valence electrons. The topological polar surface area (TPSA) is 96.7 Å². The van der Waals surface area contributed by atoms with Crippen molar-refractivity contribution in [3.8, 4) is 5.75 Å². The number of ether oxygens (including phenoxy) is 1. The molecule has 0 unspecified atom stereocenters. The molecule has 0 bridgehead atoms. The van der Waals surface area contributed by atoms with Crippen LogP contribution in [-0.4, -0.2) is 26.9 Å². The highest BCUT2D eigenvalue weighted by Gasteiger charge is 2.08. The SMILES string of the molecule is COc1ccc2c(Nc3ccc(COP(O)(O)=S)cc3)ncnc2c1.